The van der Waals surface area contributed by atoms with E-state index >= 15 is 0 Å². The molecule has 0 fully saturated rings. The van der Waals surface area contributed by atoms with Gasteiger partial charge in [0.1, 0.15) is 5.03 Å². The van der Waals surface area contributed by atoms with Gasteiger partial charge in [0.2, 0.25) is 0 Å². The molecule has 0 amide bonds. The van der Waals surface area contributed by atoms with Gasteiger partial charge in [0.05, 0.1) is 10.2 Å². The Bertz CT molecular complexity index is 796. The molecule has 0 bridgehead atoms. The van der Waals surface area contributed by atoms with E-state index in [1.807, 2.05) is 42.7 Å². The van der Waals surface area contributed by atoms with Crippen molar-refractivity contribution in [2.24, 2.45) is 0 Å². The maximum Gasteiger partial charge on any atom is 0.135 e. The van der Waals surface area contributed by atoms with Crippen LogP contribution in [0.1, 0.15) is 0 Å². The van der Waals surface area contributed by atoms with E-state index in [4.69, 9.17) is 12.2 Å². The molecule has 4 heteroatoms. The van der Waals surface area contributed by atoms with Gasteiger partial charge in [0, 0.05) is 11.1 Å². The van der Waals surface area contributed by atoms with E-state index in [1.165, 1.54) is 0 Å². The molecule has 0 saturated carbocycles. The Balaban J connectivity index is 2.31. The fourth-order valence-electron chi connectivity index (χ4n) is 2.27. The highest BCUT2D eigenvalue weighted by molar-refractivity contribution is 7.98. The van der Waals surface area contributed by atoms with E-state index in [0.29, 0.717) is 0 Å². The van der Waals surface area contributed by atoms with Crippen LogP contribution in [0.5, 0.6) is 0 Å². The average molecular weight is 310 g/mol. The summed E-state index contributed by atoms with van der Waals surface area (Å²) in [7, 11) is 0. The maximum atomic E-state index is 5.66. The number of aromatic nitrogens is 2. The highest BCUT2D eigenvalue weighted by atomic mass is 32.2. The second-order valence-corrected chi connectivity index (χ2v) is 5.75. The van der Waals surface area contributed by atoms with Gasteiger partial charge < -0.3 is 0 Å². The molecule has 0 aliphatic carbocycles. The number of nitrogens with one attached hydrogen (secondary N) is 1. The Kier molecular flexibility index (Phi) is 4.18. The third-order valence-electron chi connectivity index (χ3n) is 3.26. The lowest BCUT2D eigenvalue weighted by Gasteiger charge is -2.11. The van der Waals surface area contributed by atoms with Crippen LogP contribution in [0.15, 0.2) is 65.7 Å². The second-order valence-electron chi connectivity index (χ2n) is 4.54. The third-order valence-corrected chi connectivity index (χ3v) is 4.47. The minimum Gasteiger partial charge on any atom is -0.276 e. The van der Waals surface area contributed by atoms with Gasteiger partial charge in [-0.05, 0) is 11.8 Å². The van der Waals surface area contributed by atoms with Crippen molar-refractivity contribution < 1.29 is 0 Å². The monoisotopic (exact) mass is 310 g/mol. The lowest BCUT2D eigenvalue weighted by molar-refractivity contribution is 0.933. The van der Waals surface area contributed by atoms with Gasteiger partial charge in [-0.25, -0.2) is 0 Å². The molecular formula is C17H14N2S2. The number of hydrogen-bond acceptors (Lipinski definition) is 3. The summed E-state index contributed by atoms with van der Waals surface area (Å²) in [4.78, 5) is 0. The van der Waals surface area contributed by atoms with Crippen LogP contribution in [0.4, 0.5) is 0 Å². The van der Waals surface area contributed by atoms with E-state index < -0.39 is 0 Å². The second kappa shape index (κ2) is 6.24. The Morgan fingerprint density at radius 1 is 0.905 bits per heavy atom. The maximum absolute atomic E-state index is 5.66. The van der Waals surface area contributed by atoms with Gasteiger partial charge in [-0.2, -0.15) is 5.10 Å². The first-order valence-electron chi connectivity index (χ1n) is 6.59. The van der Waals surface area contributed by atoms with Crippen LogP contribution < -0.4 is 0 Å². The number of benzene rings is 2. The van der Waals surface area contributed by atoms with Gasteiger partial charge in [0.25, 0.3) is 0 Å². The molecule has 2 aromatic carbocycles. The predicted octanol–water partition coefficient (Wildman–Crippen LogP) is 5.20. The summed E-state index contributed by atoms with van der Waals surface area (Å²) in [6.07, 6.45) is 1.99. The molecule has 2 nitrogen and oxygen atoms in total. The SMILES string of the molecule is CSc1n[nH]c(-c2ccccc2)c(-c2ccccc2)c1=S. The van der Waals surface area contributed by atoms with Gasteiger partial charge in [-0.3, -0.25) is 5.10 Å². The molecule has 21 heavy (non-hydrogen) atoms. The molecule has 0 aliphatic heterocycles. The highest BCUT2D eigenvalue weighted by Crippen LogP contribution is 2.33. The van der Waals surface area contributed by atoms with Crippen molar-refractivity contribution in [1.29, 1.82) is 0 Å². The molecular weight excluding hydrogens is 296 g/mol. The Hall–Kier alpha value is -1.91. The quantitative estimate of drug-likeness (QED) is 0.533. The Morgan fingerprint density at radius 2 is 1.48 bits per heavy atom. The minimum absolute atomic E-state index is 0.798. The summed E-state index contributed by atoms with van der Waals surface area (Å²) in [6.45, 7) is 0. The molecule has 0 radical (unpaired) electrons. The molecule has 1 aromatic heterocycles. The van der Waals surface area contributed by atoms with E-state index in [-0.39, 0.29) is 0 Å². The standard InChI is InChI=1S/C17H14N2S2/c1-21-17-16(20)14(12-8-4-2-5-9-12)15(18-19-17)13-10-6-3-7-11-13/h2-11H,1H3,(H,18,20). The van der Waals surface area contributed by atoms with Crippen molar-refractivity contribution in [1.82, 2.24) is 10.2 Å². The van der Waals surface area contributed by atoms with Gasteiger partial charge >= 0.3 is 0 Å². The van der Waals surface area contributed by atoms with Crippen LogP contribution in [0, 0.1) is 4.51 Å². The zero-order chi connectivity index (χ0) is 14.7. The lowest BCUT2D eigenvalue weighted by atomic mass is 10.0. The zero-order valence-corrected chi connectivity index (χ0v) is 13.2. The van der Waals surface area contributed by atoms with Crippen LogP contribution in [-0.4, -0.2) is 16.5 Å². The normalized spacial score (nSPS) is 10.5. The summed E-state index contributed by atoms with van der Waals surface area (Å²) in [5.74, 6) is 0. The molecule has 0 spiro atoms. The molecule has 1 heterocycles. The summed E-state index contributed by atoms with van der Waals surface area (Å²) < 4.78 is 0.798. The van der Waals surface area contributed by atoms with Crippen LogP contribution in [-0.2, 0) is 0 Å². The minimum atomic E-state index is 0.798. The van der Waals surface area contributed by atoms with Gasteiger partial charge in [-0.1, -0.05) is 72.9 Å². The zero-order valence-electron chi connectivity index (χ0n) is 11.5. The topological polar surface area (TPSA) is 28.7 Å². The first-order valence-corrected chi connectivity index (χ1v) is 8.22. The van der Waals surface area contributed by atoms with Gasteiger partial charge in [0.15, 0.2) is 0 Å². The van der Waals surface area contributed by atoms with E-state index in [0.717, 1.165) is 31.9 Å². The van der Waals surface area contributed by atoms with Crippen molar-refractivity contribution in [3.05, 3.63) is 65.2 Å². The fourth-order valence-corrected chi connectivity index (χ4v) is 3.21. The van der Waals surface area contributed by atoms with Crippen LogP contribution in [0.3, 0.4) is 0 Å². The Morgan fingerprint density at radius 3 is 2.05 bits per heavy atom. The number of nitrogens with zero attached hydrogens (tertiary/aromatic N) is 1. The molecule has 104 valence electrons. The first kappa shape index (κ1) is 14.0. The highest BCUT2D eigenvalue weighted by Gasteiger charge is 2.13. The number of aromatic amines is 1. The summed E-state index contributed by atoms with van der Waals surface area (Å²) in [5, 5.41) is 8.42. The molecule has 3 rings (SSSR count). The number of H-pyrrole nitrogens is 1. The summed E-state index contributed by atoms with van der Waals surface area (Å²) in [6, 6.07) is 20.4. The van der Waals surface area contributed by atoms with Crippen molar-refractivity contribution in [2.45, 2.75) is 5.03 Å². The third kappa shape index (κ3) is 2.77. The van der Waals surface area contributed by atoms with Crippen LogP contribution in [0.25, 0.3) is 22.4 Å². The Labute approximate surface area is 133 Å². The van der Waals surface area contributed by atoms with Crippen molar-refractivity contribution in [3.8, 4) is 22.4 Å². The molecule has 0 atom stereocenters. The molecule has 0 saturated heterocycles. The van der Waals surface area contributed by atoms with Crippen molar-refractivity contribution in [3.63, 3.8) is 0 Å². The van der Waals surface area contributed by atoms with Crippen molar-refractivity contribution >= 4 is 24.0 Å². The van der Waals surface area contributed by atoms with E-state index in [9.17, 15) is 0 Å². The lowest BCUT2D eigenvalue weighted by Crippen LogP contribution is -1.96. The number of rotatable bonds is 3. The average Bonchev–Trinajstić information content (AvgIpc) is 2.56. The predicted molar refractivity (Wildman–Crippen MR) is 92.1 cm³/mol. The summed E-state index contributed by atoms with van der Waals surface area (Å²) in [5.41, 5.74) is 4.19. The fraction of sp³-hybridized carbons (Fsp3) is 0.0588. The number of hydrogen-bond donors (Lipinski definition) is 1. The molecule has 3 aromatic rings. The first-order chi connectivity index (χ1) is 10.3. The number of thioether (sulfide) groups is 1. The smallest absolute Gasteiger partial charge is 0.135 e. The van der Waals surface area contributed by atoms with E-state index in [2.05, 4.69) is 34.5 Å². The molecule has 0 unspecified atom stereocenters. The van der Waals surface area contributed by atoms with Crippen molar-refractivity contribution in [2.75, 3.05) is 6.26 Å². The summed E-state index contributed by atoms with van der Waals surface area (Å²) >= 11 is 7.22. The van der Waals surface area contributed by atoms with E-state index in [1.54, 1.807) is 11.8 Å². The van der Waals surface area contributed by atoms with Crippen LogP contribution in [0.2, 0.25) is 0 Å². The largest absolute Gasteiger partial charge is 0.276 e. The van der Waals surface area contributed by atoms with Gasteiger partial charge in [-0.15, -0.1) is 11.8 Å². The van der Waals surface area contributed by atoms with Crippen LogP contribution >= 0.6 is 24.0 Å². The molecule has 0 aliphatic rings. The molecule has 1 N–H and O–H groups in total.